The molecule has 0 saturated carbocycles. The summed E-state index contributed by atoms with van der Waals surface area (Å²) in [7, 11) is 0. The lowest BCUT2D eigenvalue weighted by Crippen LogP contribution is -2.54. The van der Waals surface area contributed by atoms with Gasteiger partial charge in [-0.2, -0.15) is 0 Å². The lowest BCUT2D eigenvalue weighted by molar-refractivity contribution is -0.209. The maximum atomic E-state index is 13.1. The molecule has 48 heavy (non-hydrogen) atoms. The van der Waals surface area contributed by atoms with E-state index in [1.165, 1.54) is 0 Å². The molecule has 0 unspecified atom stereocenters. The van der Waals surface area contributed by atoms with E-state index in [0.29, 0.717) is 70.5 Å². The van der Waals surface area contributed by atoms with Gasteiger partial charge < -0.3 is 28.4 Å². The molecule has 0 spiro atoms. The molecule has 0 aromatic heterocycles. The van der Waals surface area contributed by atoms with E-state index in [2.05, 4.69) is 95.6 Å². The summed E-state index contributed by atoms with van der Waals surface area (Å²) < 4.78 is 34.0. The first kappa shape index (κ1) is 47.7. The number of esters is 6. The highest BCUT2D eigenvalue weighted by atomic mass is 79.9. The highest BCUT2D eigenvalue weighted by Crippen LogP contribution is 2.23. The van der Waals surface area contributed by atoms with Crippen molar-refractivity contribution in [1.29, 1.82) is 0 Å². The summed E-state index contributed by atoms with van der Waals surface area (Å²) in [6, 6.07) is 0. The van der Waals surface area contributed by atoms with E-state index in [0.717, 1.165) is 0 Å². The molecule has 0 saturated heterocycles. The second-order valence-corrected chi connectivity index (χ2v) is 14.8. The Kier molecular flexibility index (Phi) is 31.2. The van der Waals surface area contributed by atoms with Crippen LogP contribution in [-0.4, -0.2) is 105 Å². The zero-order chi connectivity index (χ0) is 36.2. The Hall–Kier alpha value is -0.300. The van der Waals surface area contributed by atoms with Gasteiger partial charge in [0, 0.05) is 70.5 Å². The minimum absolute atomic E-state index is 0.0324. The molecule has 0 aliphatic carbocycles. The monoisotopic (exact) mass is 1070 g/mol. The topological polar surface area (TPSA) is 158 Å². The third kappa shape index (κ3) is 24.0. The molecule has 0 aromatic carbocycles. The molecule has 0 aliphatic rings. The fraction of sp³-hybridized carbons (Fsp3) is 0.800. The number of hydrogen-bond donors (Lipinski definition) is 0. The fourth-order valence-electron chi connectivity index (χ4n) is 3.74. The van der Waals surface area contributed by atoms with Crippen LogP contribution in [0.2, 0.25) is 0 Å². The second kappa shape index (κ2) is 31.4. The lowest BCUT2D eigenvalue weighted by Gasteiger charge is -2.36. The molecule has 0 rings (SSSR count). The molecule has 12 nitrogen and oxygen atoms in total. The Labute approximate surface area is 332 Å². The van der Waals surface area contributed by atoms with Crippen LogP contribution in [0.15, 0.2) is 0 Å². The van der Waals surface area contributed by atoms with Crippen molar-refractivity contribution in [2.24, 2.45) is 0 Å². The number of carbonyl (C=O) groups is 6. The van der Waals surface area contributed by atoms with Crippen LogP contribution < -0.4 is 0 Å². The molecule has 0 aliphatic heterocycles. The molecule has 0 radical (unpaired) electrons. The Balaban J connectivity index is 7.02. The van der Waals surface area contributed by atoms with Gasteiger partial charge in [-0.1, -0.05) is 95.6 Å². The molecule has 18 heteroatoms. The molecule has 0 amide bonds. The lowest BCUT2D eigenvalue weighted by atomic mass is 10.0. The number of ether oxygens (including phenoxy) is 6. The first-order valence-electron chi connectivity index (χ1n) is 15.5. The molecule has 0 N–H and O–H groups in total. The Morgan fingerprint density at radius 3 is 0.833 bits per heavy atom. The fourth-order valence-corrected chi connectivity index (χ4v) is 5.42. The quantitative estimate of drug-likeness (QED) is 0.0441. The normalized spacial score (nSPS) is 13.4. The smallest absolute Gasteiger partial charge is 0.306 e. The van der Waals surface area contributed by atoms with Crippen LogP contribution >= 0.6 is 95.6 Å². The average Bonchev–Trinajstić information content (AvgIpc) is 3.07. The third-order valence-electron chi connectivity index (χ3n) is 6.06. The van der Waals surface area contributed by atoms with Gasteiger partial charge in [0.25, 0.3) is 0 Å². The van der Waals surface area contributed by atoms with Crippen molar-refractivity contribution >= 4 is 131 Å². The van der Waals surface area contributed by atoms with Gasteiger partial charge in [-0.3, -0.25) is 28.8 Å². The van der Waals surface area contributed by atoms with Crippen LogP contribution in [-0.2, 0) is 57.2 Å². The molecule has 278 valence electrons. The molecule has 0 bridgehead atoms. The van der Waals surface area contributed by atoms with Gasteiger partial charge in [0.2, 0.25) is 0 Å². The number of halogens is 6. The summed E-state index contributed by atoms with van der Waals surface area (Å²) in [5.74, 6) is -4.10. The average molecular weight is 1080 g/mol. The van der Waals surface area contributed by atoms with Gasteiger partial charge in [0.15, 0.2) is 24.4 Å². The van der Waals surface area contributed by atoms with Crippen molar-refractivity contribution < 1.29 is 57.2 Å². The number of carbonyl (C=O) groups excluding carboxylic acids is 6. The number of alkyl halides is 6. The summed E-state index contributed by atoms with van der Waals surface area (Å²) in [4.78, 5) is 77.2. The van der Waals surface area contributed by atoms with Crippen molar-refractivity contribution in [3.8, 4) is 0 Å². The van der Waals surface area contributed by atoms with E-state index in [9.17, 15) is 28.8 Å². The van der Waals surface area contributed by atoms with Gasteiger partial charge in [0.05, 0.1) is 0 Å². The van der Waals surface area contributed by atoms with Crippen LogP contribution in [0.5, 0.6) is 0 Å². The van der Waals surface area contributed by atoms with Crippen LogP contribution in [0.4, 0.5) is 0 Å². The molecule has 0 heterocycles. The number of hydrogen-bond acceptors (Lipinski definition) is 12. The standard InChI is InChI=1S/C30H44Br6O12/c31-13-1-7-23(37)43-19-21(45-25(39)9-3-15-33)29(47-27(41)11-5-17-35)30(48-28(42)12-6-18-36)22(46-26(40)10-4-16-34)20-44-24(38)8-2-14-32/h21-22,29-30H,1-20H2/t21-,22-,29-,30-/m1/s1. The molecule has 0 fully saturated rings. The Morgan fingerprint density at radius 1 is 0.354 bits per heavy atom. The van der Waals surface area contributed by atoms with E-state index in [-0.39, 0.29) is 38.5 Å². The first-order chi connectivity index (χ1) is 23.1. The van der Waals surface area contributed by atoms with E-state index in [4.69, 9.17) is 28.4 Å². The zero-order valence-corrected chi connectivity index (χ0v) is 36.1. The van der Waals surface area contributed by atoms with Crippen LogP contribution in [0.1, 0.15) is 77.0 Å². The van der Waals surface area contributed by atoms with E-state index >= 15 is 0 Å². The van der Waals surface area contributed by atoms with E-state index < -0.39 is 73.4 Å². The maximum absolute atomic E-state index is 13.1. The summed E-state index contributed by atoms with van der Waals surface area (Å²) in [6.07, 6.45) is -3.81. The second-order valence-electron chi connectivity index (χ2n) is 10.1. The van der Waals surface area contributed by atoms with Crippen molar-refractivity contribution in [3.05, 3.63) is 0 Å². The molecule has 0 aromatic rings. The zero-order valence-electron chi connectivity index (χ0n) is 26.6. The summed E-state index contributed by atoms with van der Waals surface area (Å²) in [5.41, 5.74) is 0. The maximum Gasteiger partial charge on any atom is 0.306 e. The largest absolute Gasteiger partial charge is 0.462 e. The van der Waals surface area contributed by atoms with Gasteiger partial charge in [-0.25, -0.2) is 0 Å². The highest BCUT2D eigenvalue weighted by molar-refractivity contribution is 9.10. The van der Waals surface area contributed by atoms with E-state index in [1.807, 2.05) is 0 Å². The van der Waals surface area contributed by atoms with Gasteiger partial charge in [-0.15, -0.1) is 0 Å². The third-order valence-corrected chi connectivity index (χ3v) is 9.43. The van der Waals surface area contributed by atoms with Crippen molar-refractivity contribution in [2.75, 3.05) is 45.2 Å². The molecular weight excluding hydrogens is 1030 g/mol. The molecule has 4 atom stereocenters. The minimum Gasteiger partial charge on any atom is -0.462 e. The van der Waals surface area contributed by atoms with Gasteiger partial charge in [-0.05, 0) is 38.5 Å². The van der Waals surface area contributed by atoms with Crippen LogP contribution in [0.3, 0.4) is 0 Å². The highest BCUT2D eigenvalue weighted by Gasteiger charge is 2.45. The van der Waals surface area contributed by atoms with Crippen molar-refractivity contribution in [2.45, 2.75) is 101 Å². The van der Waals surface area contributed by atoms with Gasteiger partial charge >= 0.3 is 35.8 Å². The minimum atomic E-state index is -1.63. The summed E-state index contributed by atoms with van der Waals surface area (Å²) >= 11 is 19.6. The summed E-state index contributed by atoms with van der Waals surface area (Å²) in [5, 5.41) is 3.05. The number of rotatable bonds is 29. The van der Waals surface area contributed by atoms with Crippen LogP contribution in [0, 0.1) is 0 Å². The molecular formula is C30H44Br6O12. The Morgan fingerprint density at radius 2 is 0.583 bits per heavy atom. The predicted octanol–water partition coefficient (Wildman–Crippen LogP) is 6.77. The van der Waals surface area contributed by atoms with Crippen molar-refractivity contribution in [1.82, 2.24) is 0 Å². The SMILES string of the molecule is O=C(CCCBr)OC[C@@H](OC(=O)CCCBr)[C@@H](OC(=O)CCCBr)[C@H](OC(=O)CCCBr)[C@@H](COC(=O)CCCBr)OC(=O)CCCBr. The Bertz CT molecular complexity index is 883. The predicted molar refractivity (Wildman–Crippen MR) is 200 cm³/mol. The van der Waals surface area contributed by atoms with Gasteiger partial charge in [0.1, 0.15) is 13.2 Å². The first-order valence-corrected chi connectivity index (χ1v) is 22.2. The van der Waals surface area contributed by atoms with E-state index in [1.54, 1.807) is 0 Å². The summed E-state index contributed by atoms with van der Waals surface area (Å²) in [6.45, 7) is -1.13. The van der Waals surface area contributed by atoms with Crippen molar-refractivity contribution in [3.63, 3.8) is 0 Å². The van der Waals surface area contributed by atoms with Crippen LogP contribution in [0.25, 0.3) is 0 Å².